The molecular weight excluding hydrogens is 194 g/mol. The Morgan fingerprint density at radius 2 is 2.00 bits per heavy atom. The van der Waals surface area contributed by atoms with Crippen molar-refractivity contribution < 1.29 is 14.3 Å². The third-order valence-electron chi connectivity index (χ3n) is 2.42. The zero-order valence-corrected chi connectivity index (χ0v) is 10.4. The second-order valence-electron chi connectivity index (χ2n) is 4.20. The molecule has 4 nitrogen and oxygen atoms in total. The fourth-order valence-electron chi connectivity index (χ4n) is 1.47. The average Bonchev–Trinajstić information content (AvgIpc) is 2.17. The Balaban J connectivity index is 4.20. The molecule has 0 aliphatic carbocycles. The van der Waals surface area contributed by atoms with Gasteiger partial charge in [-0.05, 0) is 26.8 Å². The molecular formula is C11H23NO3. The van der Waals surface area contributed by atoms with Crippen LogP contribution in [0.3, 0.4) is 0 Å². The lowest BCUT2D eigenvalue weighted by Crippen LogP contribution is -2.39. The minimum absolute atomic E-state index is 0.109. The highest BCUT2D eigenvalue weighted by molar-refractivity contribution is 5.69. The molecule has 0 bridgehead atoms. The fraction of sp³-hybridized carbons (Fsp3) is 0.909. The van der Waals surface area contributed by atoms with Crippen LogP contribution in [0, 0.1) is 0 Å². The number of esters is 1. The Labute approximate surface area is 92.3 Å². The molecule has 15 heavy (non-hydrogen) atoms. The molecule has 1 N–H and O–H groups in total. The van der Waals surface area contributed by atoms with Gasteiger partial charge in [0.25, 0.3) is 0 Å². The van der Waals surface area contributed by atoms with Gasteiger partial charge in [-0.2, -0.15) is 0 Å². The number of ether oxygens (including phenoxy) is 2. The van der Waals surface area contributed by atoms with Crippen LogP contribution in [0.5, 0.6) is 0 Å². The zero-order valence-electron chi connectivity index (χ0n) is 10.4. The van der Waals surface area contributed by atoms with E-state index in [1.54, 1.807) is 7.11 Å². The van der Waals surface area contributed by atoms with Crippen LogP contribution in [0.15, 0.2) is 0 Å². The minimum Gasteiger partial charge on any atom is -0.469 e. The maximum atomic E-state index is 11.2. The summed E-state index contributed by atoms with van der Waals surface area (Å²) >= 11 is 0. The second kappa shape index (κ2) is 6.80. The van der Waals surface area contributed by atoms with Gasteiger partial charge in [-0.3, -0.25) is 4.79 Å². The maximum Gasteiger partial charge on any atom is 0.307 e. The molecule has 0 aromatic heterocycles. The van der Waals surface area contributed by atoms with Crippen molar-refractivity contribution in [3.63, 3.8) is 0 Å². The van der Waals surface area contributed by atoms with Crippen LogP contribution in [-0.4, -0.2) is 38.4 Å². The number of rotatable bonds is 7. The third kappa shape index (κ3) is 6.47. The van der Waals surface area contributed by atoms with E-state index in [1.165, 1.54) is 7.11 Å². The van der Waals surface area contributed by atoms with Crippen LogP contribution < -0.4 is 5.32 Å². The third-order valence-corrected chi connectivity index (χ3v) is 2.42. The molecule has 90 valence electrons. The number of hydrogen-bond donors (Lipinski definition) is 1. The first-order chi connectivity index (χ1) is 6.95. The Hall–Kier alpha value is -0.610. The molecule has 0 radical (unpaired) electrons. The smallest absolute Gasteiger partial charge is 0.307 e. The quantitative estimate of drug-likeness (QED) is 0.654. The van der Waals surface area contributed by atoms with E-state index in [0.717, 1.165) is 13.0 Å². The largest absolute Gasteiger partial charge is 0.469 e. The summed E-state index contributed by atoms with van der Waals surface area (Å²) in [6, 6.07) is 0.109. The van der Waals surface area contributed by atoms with E-state index in [1.807, 2.05) is 20.8 Å². The van der Waals surface area contributed by atoms with Gasteiger partial charge in [-0.25, -0.2) is 0 Å². The summed E-state index contributed by atoms with van der Waals surface area (Å²) in [6.45, 7) is 6.87. The Kier molecular flexibility index (Phi) is 6.52. The van der Waals surface area contributed by atoms with Crippen molar-refractivity contribution in [2.45, 2.75) is 45.3 Å². The van der Waals surface area contributed by atoms with E-state index >= 15 is 0 Å². The summed E-state index contributed by atoms with van der Waals surface area (Å²) in [7, 11) is 3.09. The first kappa shape index (κ1) is 14.4. The lowest BCUT2D eigenvalue weighted by Gasteiger charge is -2.28. The normalized spacial score (nSPS) is 13.7. The summed E-state index contributed by atoms with van der Waals surface area (Å²) in [4.78, 5) is 11.2. The first-order valence-corrected chi connectivity index (χ1v) is 5.30. The molecule has 1 unspecified atom stereocenters. The van der Waals surface area contributed by atoms with Crippen molar-refractivity contribution >= 4 is 5.97 Å². The Morgan fingerprint density at radius 3 is 2.40 bits per heavy atom. The molecule has 0 aromatic rings. The monoisotopic (exact) mass is 217 g/mol. The summed E-state index contributed by atoms with van der Waals surface area (Å²) in [5.74, 6) is -0.187. The van der Waals surface area contributed by atoms with Gasteiger partial charge in [0, 0.05) is 13.2 Å². The highest BCUT2D eigenvalue weighted by Crippen LogP contribution is 2.17. The van der Waals surface area contributed by atoms with Crippen LogP contribution >= 0.6 is 0 Å². The molecule has 4 heteroatoms. The highest BCUT2D eigenvalue weighted by atomic mass is 16.5. The standard InChI is InChI=1S/C11H23NO3/c1-6-12-9(7-10(13)14-4)8-11(2,3)15-5/h9,12H,6-8H2,1-5H3. The SMILES string of the molecule is CCNC(CC(=O)OC)CC(C)(C)OC. The van der Waals surface area contributed by atoms with Gasteiger partial charge in [0.15, 0.2) is 0 Å². The first-order valence-electron chi connectivity index (χ1n) is 5.30. The molecule has 0 fully saturated rings. The van der Waals surface area contributed by atoms with E-state index in [-0.39, 0.29) is 17.6 Å². The topological polar surface area (TPSA) is 47.6 Å². The van der Waals surface area contributed by atoms with Crippen molar-refractivity contribution in [1.29, 1.82) is 0 Å². The lowest BCUT2D eigenvalue weighted by molar-refractivity contribution is -0.141. The fourth-order valence-corrected chi connectivity index (χ4v) is 1.47. The zero-order chi connectivity index (χ0) is 11.9. The van der Waals surface area contributed by atoms with Crippen molar-refractivity contribution in [1.82, 2.24) is 5.32 Å². The van der Waals surface area contributed by atoms with Gasteiger partial charge in [-0.1, -0.05) is 6.92 Å². The minimum atomic E-state index is -0.221. The van der Waals surface area contributed by atoms with Gasteiger partial charge in [0.2, 0.25) is 0 Å². The van der Waals surface area contributed by atoms with Gasteiger partial charge in [-0.15, -0.1) is 0 Å². The number of methoxy groups -OCH3 is 2. The van der Waals surface area contributed by atoms with Crippen molar-refractivity contribution in [2.24, 2.45) is 0 Å². The second-order valence-corrected chi connectivity index (χ2v) is 4.20. The van der Waals surface area contributed by atoms with E-state index in [2.05, 4.69) is 10.1 Å². The predicted molar refractivity (Wildman–Crippen MR) is 59.8 cm³/mol. The van der Waals surface area contributed by atoms with Gasteiger partial charge in [0.1, 0.15) is 0 Å². The van der Waals surface area contributed by atoms with Crippen LogP contribution in [0.25, 0.3) is 0 Å². The highest BCUT2D eigenvalue weighted by Gasteiger charge is 2.24. The molecule has 0 heterocycles. The van der Waals surface area contributed by atoms with Crippen molar-refractivity contribution in [3.8, 4) is 0 Å². The molecule has 0 amide bonds. The molecule has 0 aromatic carbocycles. The van der Waals surface area contributed by atoms with Crippen LogP contribution in [-0.2, 0) is 14.3 Å². The van der Waals surface area contributed by atoms with E-state index in [0.29, 0.717) is 6.42 Å². The van der Waals surface area contributed by atoms with E-state index in [9.17, 15) is 4.79 Å². The molecule has 0 rings (SSSR count). The average molecular weight is 217 g/mol. The van der Waals surface area contributed by atoms with E-state index < -0.39 is 0 Å². The number of carbonyl (C=O) groups is 1. The van der Waals surface area contributed by atoms with Gasteiger partial charge < -0.3 is 14.8 Å². The summed E-state index contributed by atoms with van der Waals surface area (Å²) in [6.07, 6.45) is 1.17. The molecule has 0 aliphatic heterocycles. The van der Waals surface area contributed by atoms with Gasteiger partial charge >= 0.3 is 5.97 Å². The molecule has 0 saturated carbocycles. The molecule has 0 spiro atoms. The number of hydrogen-bond acceptors (Lipinski definition) is 4. The maximum absolute atomic E-state index is 11.2. The summed E-state index contributed by atoms with van der Waals surface area (Å²) in [5, 5.41) is 3.26. The molecule has 1 atom stereocenters. The van der Waals surface area contributed by atoms with Crippen LogP contribution in [0.4, 0.5) is 0 Å². The van der Waals surface area contributed by atoms with Crippen LogP contribution in [0.2, 0.25) is 0 Å². The van der Waals surface area contributed by atoms with Crippen molar-refractivity contribution in [2.75, 3.05) is 20.8 Å². The molecule has 0 aliphatic rings. The number of carbonyl (C=O) groups excluding carboxylic acids is 1. The summed E-state index contributed by atoms with van der Waals surface area (Å²) < 4.78 is 9.99. The Bertz CT molecular complexity index is 192. The summed E-state index contributed by atoms with van der Waals surface area (Å²) in [5.41, 5.74) is -0.221. The van der Waals surface area contributed by atoms with E-state index in [4.69, 9.17) is 4.74 Å². The van der Waals surface area contributed by atoms with Crippen LogP contribution in [0.1, 0.15) is 33.6 Å². The Morgan fingerprint density at radius 1 is 1.40 bits per heavy atom. The lowest BCUT2D eigenvalue weighted by atomic mass is 9.96. The number of nitrogens with one attached hydrogen (secondary N) is 1. The van der Waals surface area contributed by atoms with Gasteiger partial charge in [0.05, 0.1) is 19.1 Å². The molecule has 0 saturated heterocycles. The predicted octanol–water partition coefficient (Wildman–Crippen LogP) is 1.34. The van der Waals surface area contributed by atoms with Crippen molar-refractivity contribution in [3.05, 3.63) is 0 Å².